The number of rotatable bonds is 9. The van der Waals surface area contributed by atoms with Gasteiger partial charge in [-0.2, -0.15) is 0 Å². The minimum Gasteiger partial charge on any atom is -0.481 e. The predicted octanol–water partition coefficient (Wildman–Crippen LogP) is 3.00. The highest BCUT2D eigenvalue weighted by Gasteiger charge is 2.27. The van der Waals surface area contributed by atoms with Gasteiger partial charge in [-0.1, -0.05) is 26.2 Å². The van der Waals surface area contributed by atoms with E-state index in [1.54, 1.807) is 13.8 Å². The number of ether oxygens (including phenoxy) is 1. The topological polar surface area (TPSA) is 63.6 Å². The van der Waals surface area contributed by atoms with Crippen LogP contribution >= 0.6 is 0 Å². The van der Waals surface area contributed by atoms with Gasteiger partial charge in [0.1, 0.15) is 0 Å². The van der Waals surface area contributed by atoms with Gasteiger partial charge in [-0.05, 0) is 26.7 Å². The first kappa shape index (κ1) is 15.9. The molecule has 0 radical (unpaired) electrons. The highest BCUT2D eigenvalue weighted by atomic mass is 16.5. The molecule has 0 fully saturated rings. The molecule has 0 rings (SSSR count). The van der Waals surface area contributed by atoms with E-state index in [-0.39, 0.29) is 12.4 Å². The molecule has 1 N–H and O–H groups in total. The third kappa shape index (κ3) is 7.77. The number of carboxylic acids is 1. The Morgan fingerprint density at radius 3 is 2.35 bits per heavy atom. The van der Waals surface area contributed by atoms with Gasteiger partial charge in [0.25, 0.3) is 0 Å². The van der Waals surface area contributed by atoms with Crippen molar-refractivity contribution in [2.75, 3.05) is 6.61 Å². The summed E-state index contributed by atoms with van der Waals surface area (Å²) in [6, 6.07) is 0. The largest absolute Gasteiger partial charge is 0.481 e. The molecular formula is C13H24O4. The number of carbonyl (C=O) groups is 2. The van der Waals surface area contributed by atoms with Crippen LogP contribution in [0, 0.1) is 5.41 Å². The average molecular weight is 244 g/mol. The Morgan fingerprint density at radius 2 is 1.82 bits per heavy atom. The van der Waals surface area contributed by atoms with E-state index in [9.17, 15) is 9.59 Å². The van der Waals surface area contributed by atoms with Crippen molar-refractivity contribution in [3.05, 3.63) is 0 Å². The second-order valence-corrected chi connectivity index (χ2v) is 4.97. The lowest BCUT2D eigenvalue weighted by Gasteiger charge is -2.17. The molecule has 0 saturated carbocycles. The zero-order valence-corrected chi connectivity index (χ0v) is 11.1. The van der Waals surface area contributed by atoms with E-state index >= 15 is 0 Å². The van der Waals surface area contributed by atoms with Crippen LogP contribution in [0.3, 0.4) is 0 Å². The van der Waals surface area contributed by atoms with Crippen molar-refractivity contribution in [1.29, 1.82) is 0 Å². The van der Waals surface area contributed by atoms with Crippen LogP contribution in [-0.2, 0) is 14.3 Å². The van der Waals surface area contributed by atoms with E-state index in [0.29, 0.717) is 13.0 Å². The van der Waals surface area contributed by atoms with Crippen molar-refractivity contribution in [1.82, 2.24) is 0 Å². The number of carboxylic acid groups (broad SMARTS) is 1. The van der Waals surface area contributed by atoms with Crippen molar-refractivity contribution in [2.45, 2.75) is 59.3 Å². The fourth-order valence-electron chi connectivity index (χ4n) is 1.31. The molecule has 0 spiro atoms. The summed E-state index contributed by atoms with van der Waals surface area (Å²) in [5.74, 6) is -1.18. The van der Waals surface area contributed by atoms with Crippen molar-refractivity contribution in [2.24, 2.45) is 5.41 Å². The van der Waals surface area contributed by atoms with Gasteiger partial charge in [-0.3, -0.25) is 9.59 Å². The number of unbranched alkanes of at least 4 members (excludes halogenated alkanes) is 3. The molecule has 17 heavy (non-hydrogen) atoms. The summed E-state index contributed by atoms with van der Waals surface area (Å²) in [6.07, 6.45) is 4.76. The molecule has 0 aromatic carbocycles. The molecule has 100 valence electrons. The third-order valence-electron chi connectivity index (χ3n) is 2.79. The average Bonchev–Trinajstić information content (AvgIpc) is 2.26. The highest BCUT2D eigenvalue weighted by molar-refractivity contribution is 5.75. The molecular weight excluding hydrogens is 220 g/mol. The van der Waals surface area contributed by atoms with Gasteiger partial charge in [-0.25, -0.2) is 0 Å². The molecule has 0 amide bonds. The summed E-state index contributed by atoms with van der Waals surface area (Å²) >= 11 is 0. The van der Waals surface area contributed by atoms with Crippen LogP contribution in [0.25, 0.3) is 0 Å². The molecule has 0 aliphatic heterocycles. The predicted molar refractivity (Wildman–Crippen MR) is 65.8 cm³/mol. The molecule has 0 saturated heterocycles. The van der Waals surface area contributed by atoms with Gasteiger partial charge in [0, 0.05) is 6.42 Å². The van der Waals surface area contributed by atoms with Crippen LogP contribution in [0.15, 0.2) is 0 Å². The lowest BCUT2D eigenvalue weighted by atomic mass is 9.88. The number of esters is 1. The second-order valence-electron chi connectivity index (χ2n) is 4.97. The number of hydrogen-bond donors (Lipinski definition) is 1. The Hall–Kier alpha value is -1.06. The lowest BCUT2D eigenvalue weighted by Crippen LogP contribution is -2.24. The number of hydrogen-bond acceptors (Lipinski definition) is 3. The number of aliphatic carboxylic acids is 1. The number of carbonyl (C=O) groups excluding carboxylic acids is 1. The fraction of sp³-hybridized carbons (Fsp3) is 0.846. The molecule has 0 heterocycles. The minimum atomic E-state index is -0.881. The van der Waals surface area contributed by atoms with Gasteiger partial charge in [0.05, 0.1) is 12.0 Å². The SMILES string of the molecule is CCCCCCOC(=O)CCC(C)(C)C(=O)O. The molecule has 0 unspecified atom stereocenters. The van der Waals surface area contributed by atoms with Crippen LogP contribution in [0.4, 0.5) is 0 Å². The van der Waals surface area contributed by atoms with E-state index in [4.69, 9.17) is 9.84 Å². The molecule has 0 aromatic rings. The Bertz CT molecular complexity index is 246. The first-order valence-electron chi connectivity index (χ1n) is 6.29. The van der Waals surface area contributed by atoms with Crippen molar-refractivity contribution < 1.29 is 19.4 Å². The summed E-state index contributed by atoms with van der Waals surface area (Å²) in [5.41, 5.74) is -0.860. The van der Waals surface area contributed by atoms with Crippen LogP contribution in [0.2, 0.25) is 0 Å². The van der Waals surface area contributed by atoms with Crippen molar-refractivity contribution >= 4 is 11.9 Å². The highest BCUT2D eigenvalue weighted by Crippen LogP contribution is 2.22. The Kier molecular flexibility index (Phi) is 7.59. The summed E-state index contributed by atoms with van der Waals surface area (Å²) in [7, 11) is 0. The van der Waals surface area contributed by atoms with Gasteiger partial charge >= 0.3 is 11.9 Å². The quantitative estimate of drug-likeness (QED) is 0.500. The summed E-state index contributed by atoms with van der Waals surface area (Å²) in [5, 5.41) is 8.88. The molecule has 4 heteroatoms. The standard InChI is InChI=1S/C13H24O4/c1-4-5-6-7-10-17-11(14)8-9-13(2,3)12(15)16/h4-10H2,1-3H3,(H,15,16). The van der Waals surface area contributed by atoms with Gasteiger partial charge < -0.3 is 9.84 Å². The van der Waals surface area contributed by atoms with E-state index in [0.717, 1.165) is 25.7 Å². The van der Waals surface area contributed by atoms with Crippen LogP contribution < -0.4 is 0 Å². The van der Waals surface area contributed by atoms with E-state index in [1.807, 2.05) is 0 Å². The van der Waals surface area contributed by atoms with Crippen LogP contribution in [0.1, 0.15) is 59.3 Å². The zero-order chi connectivity index (χ0) is 13.3. The van der Waals surface area contributed by atoms with Crippen LogP contribution in [0.5, 0.6) is 0 Å². The van der Waals surface area contributed by atoms with Crippen molar-refractivity contribution in [3.8, 4) is 0 Å². The van der Waals surface area contributed by atoms with Gasteiger partial charge in [-0.15, -0.1) is 0 Å². The van der Waals surface area contributed by atoms with Crippen LogP contribution in [-0.4, -0.2) is 23.7 Å². The molecule has 0 aromatic heterocycles. The normalized spacial score (nSPS) is 11.2. The first-order valence-corrected chi connectivity index (χ1v) is 6.29. The summed E-state index contributed by atoms with van der Waals surface area (Å²) in [6.45, 7) is 5.81. The monoisotopic (exact) mass is 244 g/mol. The fourth-order valence-corrected chi connectivity index (χ4v) is 1.31. The minimum absolute atomic E-state index is 0.174. The van der Waals surface area contributed by atoms with E-state index in [1.165, 1.54) is 0 Å². The molecule has 0 aliphatic rings. The molecule has 0 bridgehead atoms. The Labute approximate surface area is 103 Å². The van der Waals surface area contributed by atoms with Gasteiger partial charge in [0.2, 0.25) is 0 Å². The van der Waals surface area contributed by atoms with Crippen molar-refractivity contribution in [3.63, 3.8) is 0 Å². The maximum Gasteiger partial charge on any atom is 0.309 e. The van der Waals surface area contributed by atoms with Gasteiger partial charge in [0.15, 0.2) is 0 Å². The summed E-state index contributed by atoms with van der Waals surface area (Å²) < 4.78 is 5.03. The second kappa shape index (κ2) is 8.09. The Morgan fingerprint density at radius 1 is 1.18 bits per heavy atom. The molecule has 4 nitrogen and oxygen atoms in total. The summed E-state index contributed by atoms with van der Waals surface area (Å²) in [4.78, 5) is 22.1. The van der Waals surface area contributed by atoms with E-state index < -0.39 is 11.4 Å². The molecule has 0 atom stereocenters. The smallest absolute Gasteiger partial charge is 0.309 e. The Balaban J connectivity index is 3.63. The lowest BCUT2D eigenvalue weighted by molar-refractivity contribution is -0.149. The molecule has 0 aliphatic carbocycles. The maximum absolute atomic E-state index is 11.3. The zero-order valence-electron chi connectivity index (χ0n) is 11.1. The third-order valence-corrected chi connectivity index (χ3v) is 2.79. The van der Waals surface area contributed by atoms with E-state index in [2.05, 4.69) is 6.92 Å². The first-order chi connectivity index (χ1) is 7.90. The maximum atomic E-state index is 11.3.